The maximum absolute atomic E-state index is 12.2. The number of hydrogen-bond acceptors (Lipinski definition) is 3. The quantitative estimate of drug-likeness (QED) is 0.802. The smallest absolute Gasteiger partial charge is 0.301 e. The van der Waals surface area contributed by atoms with Crippen LogP contribution in [0.25, 0.3) is 0 Å². The topological polar surface area (TPSA) is 75.4 Å². The molecule has 102 valence electrons. The molecule has 3 N–H and O–H groups in total. The van der Waals surface area contributed by atoms with E-state index in [9.17, 15) is 8.42 Å². The molecule has 0 amide bonds. The average molecular weight is 279 g/mol. The van der Waals surface area contributed by atoms with Crippen LogP contribution in [0, 0.1) is 11.8 Å². The van der Waals surface area contributed by atoms with E-state index in [1.54, 1.807) is 18.2 Å². The molecule has 1 heterocycles. The Kier molecular flexibility index (Phi) is 4.43. The van der Waals surface area contributed by atoms with E-state index in [1.165, 1.54) is 4.31 Å². The SMILES string of the molecule is NCC#Cc1ccccc1NS(=O)(=O)N1CCCC1. The van der Waals surface area contributed by atoms with Crippen LogP contribution >= 0.6 is 0 Å². The number of nitrogens with one attached hydrogen (secondary N) is 1. The van der Waals surface area contributed by atoms with E-state index in [0.29, 0.717) is 24.3 Å². The van der Waals surface area contributed by atoms with Crippen molar-refractivity contribution in [3.05, 3.63) is 29.8 Å². The van der Waals surface area contributed by atoms with Gasteiger partial charge in [-0.2, -0.15) is 12.7 Å². The number of nitrogens with zero attached hydrogens (tertiary/aromatic N) is 1. The highest BCUT2D eigenvalue weighted by atomic mass is 32.2. The first-order valence-corrected chi connectivity index (χ1v) is 7.63. The third-order valence-electron chi connectivity index (χ3n) is 2.90. The van der Waals surface area contributed by atoms with Gasteiger partial charge in [0, 0.05) is 18.7 Å². The predicted octanol–water partition coefficient (Wildman–Crippen LogP) is 0.749. The monoisotopic (exact) mass is 279 g/mol. The zero-order chi connectivity index (χ0) is 13.7. The molecule has 2 rings (SSSR count). The van der Waals surface area contributed by atoms with Gasteiger partial charge in [-0.3, -0.25) is 4.72 Å². The van der Waals surface area contributed by atoms with Crippen molar-refractivity contribution in [1.82, 2.24) is 4.31 Å². The first-order chi connectivity index (χ1) is 9.13. The molecular weight excluding hydrogens is 262 g/mol. The van der Waals surface area contributed by atoms with E-state index in [2.05, 4.69) is 16.6 Å². The molecule has 0 aliphatic carbocycles. The lowest BCUT2D eigenvalue weighted by atomic mass is 10.2. The van der Waals surface area contributed by atoms with E-state index >= 15 is 0 Å². The lowest BCUT2D eigenvalue weighted by molar-refractivity contribution is 0.482. The highest BCUT2D eigenvalue weighted by Crippen LogP contribution is 2.19. The molecule has 1 aliphatic heterocycles. The maximum Gasteiger partial charge on any atom is 0.301 e. The number of anilines is 1. The Bertz CT molecular complexity index is 596. The van der Waals surface area contributed by atoms with E-state index in [-0.39, 0.29) is 6.54 Å². The van der Waals surface area contributed by atoms with E-state index in [4.69, 9.17) is 5.73 Å². The van der Waals surface area contributed by atoms with Crippen LogP contribution in [0.5, 0.6) is 0 Å². The second-order valence-corrected chi connectivity index (χ2v) is 5.94. The Balaban J connectivity index is 2.23. The molecule has 0 unspecified atom stereocenters. The van der Waals surface area contributed by atoms with Crippen LogP contribution in [0.2, 0.25) is 0 Å². The summed E-state index contributed by atoms with van der Waals surface area (Å²) >= 11 is 0. The summed E-state index contributed by atoms with van der Waals surface area (Å²) in [6, 6.07) is 7.06. The third-order valence-corrected chi connectivity index (χ3v) is 4.42. The van der Waals surface area contributed by atoms with Crippen LogP contribution in [0.4, 0.5) is 5.69 Å². The van der Waals surface area contributed by atoms with Crippen molar-refractivity contribution in [3.8, 4) is 11.8 Å². The molecule has 0 radical (unpaired) electrons. The van der Waals surface area contributed by atoms with Gasteiger partial charge in [0.05, 0.1) is 12.2 Å². The Hall–Kier alpha value is -1.55. The van der Waals surface area contributed by atoms with Crippen molar-refractivity contribution in [2.75, 3.05) is 24.4 Å². The standard InChI is InChI=1S/C13H17N3O2S/c14-9-5-7-12-6-1-2-8-13(12)15-19(17,18)16-10-3-4-11-16/h1-2,6,8,15H,3-4,9-11,14H2. The second-order valence-electron chi connectivity index (χ2n) is 4.26. The summed E-state index contributed by atoms with van der Waals surface area (Å²) in [5.41, 5.74) is 6.46. The molecule has 1 aliphatic rings. The minimum Gasteiger partial charge on any atom is -0.320 e. The van der Waals surface area contributed by atoms with E-state index in [0.717, 1.165) is 12.8 Å². The molecule has 0 spiro atoms. The summed E-state index contributed by atoms with van der Waals surface area (Å²) in [6.45, 7) is 1.39. The van der Waals surface area contributed by atoms with Crippen LogP contribution in [0.1, 0.15) is 18.4 Å². The molecule has 1 fully saturated rings. The minimum absolute atomic E-state index is 0.243. The number of rotatable bonds is 3. The summed E-state index contributed by atoms with van der Waals surface area (Å²) < 4.78 is 28.4. The zero-order valence-electron chi connectivity index (χ0n) is 10.6. The van der Waals surface area contributed by atoms with Crippen molar-refractivity contribution in [2.24, 2.45) is 5.73 Å². The van der Waals surface area contributed by atoms with Crippen LogP contribution in [0.15, 0.2) is 24.3 Å². The summed E-state index contributed by atoms with van der Waals surface area (Å²) in [4.78, 5) is 0. The molecule has 1 saturated heterocycles. The normalized spacial score (nSPS) is 15.8. The Morgan fingerprint density at radius 3 is 2.63 bits per heavy atom. The summed E-state index contributed by atoms with van der Waals surface area (Å²) in [5.74, 6) is 5.60. The second kappa shape index (κ2) is 6.06. The van der Waals surface area contributed by atoms with Crippen LogP contribution in [-0.4, -0.2) is 32.4 Å². The Labute approximate surface area is 114 Å². The van der Waals surface area contributed by atoms with E-state index < -0.39 is 10.2 Å². The molecule has 1 aromatic rings. The molecule has 0 saturated carbocycles. The molecule has 19 heavy (non-hydrogen) atoms. The maximum atomic E-state index is 12.2. The number of hydrogen-bond donors (Lipinski definition) is 2. The molecule has 0 aromatic heterocycles. The van der Waals surface area contributed by atoms with Crippen LogP contribution in [-0.2, 0) is 10.2 Å². The molecule has 5 nitrogen and oxygen atoms in total. The van der Waals surface area contributed by atoms with Gasteiger partial charge in [-0.25, -0.2) is 0 Å². The average Bonchev–Trinajstić information content (AvgIpc) is 2.92. The Morgan fingerprint density at radius 2 is 1.95 bits per heavy atom. The van der Waals surface area contributed by atoms with Crippen LogP contribution in [0.3, 0.4) is 0 Å². The van der Waals surface area contributed by atoms with Gasteiger partial charge in [0.1, 0.15) is 0 Å². The summed E-state index contributed by atoms with van der Waals surface area (Å²) in [7, 11) is -3.48. The van der Waals surface area contributed by atoms with Crippen molar-refractivity contribution < 1.29 is 8.42 Å². The van der Waals surface area contributed by atoms with Crippen molar-refractivity contribution in [2.45, 2.75) is 12.8 Å². The molecule has 6 heteroatoms. The first kappa shape index (κ1) is 13.9. The van der Waals surface area contributed by atoms with Gasteiger partial charge in [0.2, 0.25) is 0 Å². The molecular formula is C13H17N3O2S. The van der Waals surface area contributed by atoms with Crippen molar-refractivity contribution in [1.29, 1.82) is 0 Å². The lowest BCUT2D eigenvalue weighted by Gasteiger charge is -2.17. The summed E-state index contributed by atoms with van der Waals surface area (Å²) in [5, 5.41) is 0. The number of nitrogens with two attached hydrogens (primary N) is 1. The molecule has 0 bridgehead atoms. The molecule has 0 atom stereocenters. The van der Waals surface area contributed by atoms with Crippen molar-refractivity contribution in [3.63, 3.8) is 0 Å². The van der Waals surface area contributed by atoms with Gasteiger partial charge in [-0.15, -0.1) is 0 Å². The number of benzene rings is 1. The van der Waals surface area contributed by atoms with Gasteiger partial charge in [0.25, 0.3) is 0 Å². The summed E-state index contributed by atoms with van der Waals surface area (Å²) in [6.07, 6.45) is 1.82. The highest BCUT2D eigenvalue weighted by molar-refractivity contribution is 7.90. The van der Waals surface area contributed by atoms with Gasteiger partial charge in [-0.1, -0.05) is 24.0 Å². The highest BCUT2D eigenvalue weighted by Gasteiger charge is 2.25. The third kappa shape index (κ3) is 3.47. The van der Waals surface area contributed by atoms with Gasteiger partial charge in [-0.05, 0) is 25.0 Å². The van der Waals surface area contributed by atoms with Crippen molar-refractivity contribution >= 4 is 15.9 Å². The van der Waals surface area contributed by atoms with Crippen LogP contribution < -0.4 is 10.5 Å². The fraction of sp³-hybridized carbons (Fsp3) is 0.385. The first-order valence-electron chi connectivity index (χ1n) is 6.19. The lowest BCUT2D eigenvalue weighted by Crippen LogP contribution is -2.33. The number of para-hydroxylation sites is 1. The zero-order valence-corrected chi connectivity index (χ0v) is 11.4. The van der Waals surface area contributed by atoms with Gasteiger partial charge in [0.15, 0.2) is 0 Å². The largest absolute Gasteiger partial charge is 0.320 e. The molecule has 1 aromatic carbocycles. The van der Waals surface area contributed by atoms with Gasteiger partial charge >= 0.3 is 10.2 Å². The predicted molar refractivity (Wildman–Crippen MR) is 75.7 cm³/mol. The Morgan fingerprint density at radius 1 is 1.26 bits per heavy atom. The van der Waals surface area contributed by atoms with E-state index in [1.807, 2.05) is 6.07 Å². The van der Waals surface area contributed by atoms with Gasteiger partial charge < -0.3 is 5.73 Å². The fourth-order valence-electron chi connectivity index (χ4n) is 1.96. The minimum atomic E-state index is -3.48. The fourth-order valence-corrected chi connectivity index (χ4v) is 3.28.